The molecule has 2 aromatic carbocycles. The Hall–Kier alpha value is -3.59. The summed E-state index contributed by atoms with van der Waals surface area (Å²) < 4.78 is 43.6. The van der Waals surface area contributed by atoms with E-state index < -0.39 is 29.9 Å². The number of aliphatic hydroxyl groups is 1. The van der Waals surface area contributed by atoms with E-state index in [-0.39, 0.29) is 17.0 Å². The van der Waals surface area contributed by atoms with Crippen molar-refractivity contribution in [2.45, 2.75) is 25.6 Å². The topological polar surface area (TPSA) is 80.6 Å². The summed E-state index contributed by atoms with van der Waals surface area (Å²) in [7, 11) is 0. The van der Waals surface area contributed by atoms with Crippen molar-refractivity contribution in [1.29, 1.82) is 0 Å². The molecule has 0 radical (unpaired) electrons. The van der Waals surface area contributed by atoms with Gasteiger partial charge in [0.1, 0.15) is 11.3 Å². The lowest BCUT2D eigenvalue weighted by Gasteiger charge is -2.18. The third-order valence-corrected chi connectivity index (χ3v) is 4.56. The minimum absolute atomic E-state index is 0.0749. The van der Waals surface area contributed by atoms with Crippen molar-refractivity contribution in [3.8, 4) is 11.4 Å². The molecule has 3 rings (SSSR count). The SMILES string of the molecule is CC(C)(O)c1ccc(NC(=O)c2cccn(-c3ccccc3OCC(F)(F)F)c2=O)cc1. The van der Waals surface area contributed by atoms with Gasteiger partial charge in [-0.1, -0.05) is 24.3 Å². The van der Waals surface area contributed by atoms with E-state index in [1.807, 2.05) is 0 Å². The van der Waals surface area contributed by atoms with Gasteiger partial charge < -0.3 is 15.2 Å². The highest BCUT2D eigenvalue weighted by molar-refractivity contribution is 6.04. The number of alkyl halides is 3. The lowest BCUT2D eigenvalue weighted by molar-refractivity contribution is -0.153. The lowest BCUT2D eigenvalue weighted by atomic mass is 9.98. The minimum Gasteiger partial charge on any atom is -0.482 e. The van der Waals surface area contributed by atoms with Crippen molar-refractivity contribution in [2.24, 2.45) is 0 Å². The Balaban J connectivity index is 1.88. The largest absolute Gasteiger partial charge is 0.482 e. The van der Waals surface area contributed by atoms with Crippen LogP contribution in [0.4, 0.5) is 18.9 Å². The molecule has 0 aliphatic carbocycles. The first-order valence-corrected chi connectivity index (χ1v) is 9.60. The van der Waals surface area contributed by atoms with Crippen molar-refractivity contribution < 1.29 is 27.8 Å². The number of aromatic nitrogens is 1. The number of nitrogens with zero attached hydrogens (tertiary/aromatic N) is 1. The number of hydrogen-bond donors (Lipinski definition) is 2. The first-order chi connectivity index (χ1) is 15.0. The Bertz CT molecular complexity index is 1160. The summed E-state index contributed by atoms with van der Waals surface area (Å²) in [6.45, 7) is 1.74. The monoisotopic (exact) mass is 446 g/mol. The van der Waals surface area contributed by atoms with Gasteiger partial charge in [-0.25, -0.2) is 0 Å². The average molecular weight is 446 g/mol. The molecule has 1 heterocycles. The quantitative estimate of drug-likeness (QED) is 0.593. The highest BCUT2D eigenvalue weighted by atomic mass is 19.4. The zero-order valence-corrected chi connectivity index (χ0v) is 17.3. The molecule has 2 N–H and O–H groups in total. The number of benzene rings is 2. The molecule has 0 unspecified atom stereocenters. The summed E-state index contributed by atoms with van der Waals surface area (Å²) in [4.78, 5) is 25.6. The Morgan fingerprint density at radius 1 is 1.03 bits per heavy atom. The molecular weight excluding hydrogens is 425 g/mol. The molecule has 0 aliphatic rings. The number of ether oxygens (including phenoxy) is 1. The van der Waals surface area contributed by atoms with Crippen molar-refractivity contribution >= 4 is 11.6 Å². The molecule has 0 saturated carbocycles. The second-order valence-electron chi connectivity index (χ2n) is 7.56. The van der Waals surface area contributed by atoms with Crippen LogP contribution in [0.25, 0.3) is 5.69 Å². The van der Waals surface area contributed by atoms with E-state index in [2.05, 4.69) is 5.32 Å². The van der Waals surface area contributed by atoms with Crippen LogP contribution in [0.5, 0.6) is 5.75 Å². The molecule has 3 aromatic rings. The number of para-hydroxylation sites is 2. The molecule has 1 aromatic heterocycles. The highest BCUT2D eigenvalue weighted by Gasteiger charge is 2.29. The maximum absolute atomic E-state index is 12.9. The zero-order chi connectivity index (χ0) is 23.5. The van der Waals surface area contributed by atoms with Gasteiger partial charge in [-0.15, -0.1) is 0 Å². The number of carbonyl (C=O) groups excluding carboxylic acids is 1. The highest BCUT2D eigenvalue weighted by Crippen LogP contribution is 2.25. The number of carbonyl (C=O) groups is 1. The van der Waals surface area contributed by atoms with Crippen LogP contribution < -0.4 is 15.6 Å². The van der Waals surface area contributed by atoms with Gasteiger partial charge in [0.15, 0.2) is 6.61 Å². The van der Waals surface area contributed by atoms with E-state index in [0.717, 1.165) is 4.57 Å². The fourth-order valence-electron chi connectivity index (χ4n) is 2.95. The van der Waals surface area contributed by atoms with Gasteiger partial charge in [-0.3, -0.25) is 14.2 Å². The summed E-state index contributed by atoms with van der Waals surface area (Å²) in [6.07, 6.45) is -3.20. The van der Waals surface area contributed by atoms with E-state index in [9.17, 15) is 27.9 Å². The van der Waals surface area contributed by atoms with Crippen LogP contribution in [0.15, 0.2) is 71.7 Å². The van der Waals surface area contributed by atoms with Crippen LogP contribution in [0, 0.1) is 0 Å². The van der Waals surface area contributed by atoms with E-state index in [1.165, 1.54) is 36.5 Å². The molecule has 168 valence electrons. The van der Waals surface area contributed by atoms with Crippen LogP contribution in [0.3, 0.4) is 0 Å². The summed E-state index contributed by atoms with van der Waals surface area (Å²) in [6, 6.07) is 15.0. The van der Waals surface area contributed by atoms with E-state index >= 15 is 0 Å². The van der Waals surface area contributed by atoms with E-state index in [4.69, 9.17) is 4.74 Å². The van der Waals surface area contributed by atoms with Crippen molar-refractivity contribution in [3.63, 3.8) is 0 Å². The molecule has 32 heavy (non-hydrogen) atoms. The van der Waals surface area contributed by atoms with Crippen LogP contribution in [0.2, 0.25) is 0 Å². The van der Waals surface area contributed by atoms with Gasteiger partial charge in [0, 0.05) is 11.9 Å². The number of rotatable bonds is 6. The van der Waals surface area contributed by atoms with Crippen molar-refractivity contribution in [1.82, 2.24) is 4.57 Å². The predicted molar refractivity (Wildman–Crippen MR) is 113 cm³/mol. The summed E-state index contributed by atoms with van der Waals surface area (Å²) >= 11 is 0. The third kappa shape index (κ3) is 5.55. The van der Waals surface area contributed by atoms with Crippen LogP contribution in [-0.2, 0) is 5.60 Å². The second kappa shape index (κ2) is 8.88. The van der Waals surface area contributed by atoms with Crippen LogP contribution in [-0.4, -0.2) is 28.4 Å². The molecule has 9 heteroatoms. The number of pyridine rings is 1. The minimum atomic E-state index is -4.54. The second-order valence-corrected chi connectivity index (χ2v) is 7.56. The first kappa shape index (κ1) is 23.1. The lowest BCUT2D eigenvalue weighted by Crippen LogP contribution is -2.28. The van der Waals surface area contributed by atoms with Gasteiger partial charge in [0.05, 0.1) is 11.3 Å². The molecule has 6 nitrogen and oxygen atoms in total. The van der Waals surface area contributed by atoms with E-state index in [0.29, 0.717) is 11.3 Å². The first-order valence-electron chi connectivity index (χ1n) is 9.60. The third-order valence-electron chi connectivity index (χ3n) is 4.56. The number of anilines is 1. The van der Waals surface area contributed by atoms with Crippen molar-refractivity contribution in [3.05, 3.63) is 88.3 Å². The molecule has 0 spiro atoms. The molecule has 0 saturated heterocycles. The van der Waals surface area contributed by atoms with Gasteiger partial charge in [-0.05, 0) is 55.8 Å². The fraction of sp³-hybridized carbons (Fsp3) is 0.217. The maximum Gasteiger partial charge on any atom is 0.422 e. The number of nitrogens with one attached hydrogen (secondary N) is 1. The smallest absolute Gasteiger partial charge is 0.422 e. The molecule has 1 amide bonds. The van der Waals surface area contributed by atoms with Crippen LogP contribution in [0.1, 0.15) is 29.8 Å². The molecule has 0 atom stereocenters. The van der Waals surface area contributed by atoms with Gasteiger partial charge in [0.25, 0.3) is 11.5 Å². The fourth-order valence-corrected chi connectivity index (χ4v) is 2.95. The standard InChI is InChI=1S/C23H21F3N2O4/c1-22(2,31)15-9-11-16(12-10-15)27-20(29)17-6-5-13-28(21(17)30)18-7-3-4-8-19(18)32-14-23(24,25)26/h3-13,31H,14H2,1-2H3,(H,27,29). The summed E-state index contributed by atoms with van der Waals surface area (Å²) in [5.41, 5.74) is -0.839. The van der Waals surface area contributed by atoms with Gasteiger partial charge >= 0.3 is 6.18 Å². The molecule has 0 aliphatic heterocycles. The Morgan fingerprint density at radius 3 is 2.31 bits per heavy atom. The number of halogens is 3. The van der Waals surface area contributed by atoms with Gasteiger partial charge in [0.2, 0.25) is 0 Å². The van der Waals surface area contributed by atoms with Crippen LogP contribution >= 0.6 is 0 Å². The Kier molecular flexibility index (Phi) is 6.40. The molecule has 0 fully saturated rings. The Morgan fingerprint density at radius 2 is 1.69 bits per heavy atom. The van der Waals surface area contributed by atoms with E-state index in [1.54, 1.807) is 44.2 Å². The Labute approximate surface area is 181 Å². The van der Waals surface area contributed by atoms with Crippen molar-refractivity contribution in [2.75, 3.05) is 11.9 Å². The normalized spacial score (nSPS) is 11.8. The molecular formula is C23H21F3N2O4. The number of amides is 1. The summed E-state index contributed by atoms with van der Waals surface area (Å²) in [5, 5.41) is 12.6. The maximum atomic E-state index is 12.9. The average Bonchev–Trinajstić information content (AvgIpc) is 2.72. The predicted octanol–water partition coefficient (Wildman–Crippen LogP) is 4.26. The van der Waals surface area contributed by atoms with Gasteiger partial charge in [-0.2, -0.15) is 13.2 Å². The number of hydrogen-bond acceptors (Lipinski definition) is 4. The zero-order valence-electron chi connectivity index (χ0n) is 17.3. The molecule has 0 bridgehead atoms. The summed E-state index contributed by atoms with van der Waals surface area (Å²) in [5.74, 6) is -0.833.